The third-order valence-corrected chi connectivity index (χ3v) is 2.30. The zero-order valence-electron chi connectivity index (χ0n) is 9.98. The van der Waals surface area contributed by atoms with Crippen LogP contribution in [0.5, 0.6) is 0 Å². The van der Waals surface area contributed by atoms with E-state index in [0.29, 0.717) is 19.5 Å². The fourth-order valence-electron chi connectivity index (χ4n) is 1.48. The number of ether oxygens (including phenoxy) is 1. The number of carboxylic acid groups (broad SMARTS) is 1. The summed E-state index contributed by atoms with van der Waals surface area (Å²) in [5, 5.41) is 13.6. The normalized spacial score (nSPS) is 15.8. The van der Waals surface area contributed by atoms with E-state index >= 15 is 0 Å². The average Bonchev–Trinajstić information content (AvgIpc) is 2.53. The molecule has 1 rings (SSSR count). The lowest BCUT2D eigenvalue weighted by atomic mass is 10.4. The van der Waals surface area contributed by atoms with Crippen LogP contribution >= 0.6 is 0 Å². The summed E-state index contributed by atoms with van der Waals surface area (Å²) in [7, 11) is 0. The number of urea groups is 1. The Bertz CT molecular complexity index is 321. The van der Waals surface area contributed by atoms with Gasteiger partial charge < -0.3 is 25.4 Å². The summed E-state index contributed by atoms with van der Waals surface area (Å²) in [6, 6.07) is -0.342. The molecule has 1 aliphatic heterocycles. The number of carboxylic acids is 1. The number of amides is 3. The van der Waals surface area contributed by atoms with Crippen LogP contribution in [0.15, 0.2) is 0 Å². The highest BCUT2D eigenvalue weighted by Gasteiger charge is 2.18. The van der Waals surface area contributed by atoms with E-state index in [2.05, 4.69) is 10.6 Å². The highest BCUT2D eigenvalue weighted by Crippen LogP contribution is 1.96. The minimum atomic E-state index is -1.05. The lowest BCUT2D eigenvalue weighted by Gasteiger charge is -2.19. The van der Waals surface area contributed by atoms with Crippen LogP contribution < -0.4 is 10.6 Å². The van der Waals surface area contributed by atoms with E-state index in [9.17, 15) is 14.4 Å². The average molecular weight is 259 g/mol. The van der Waals surface area contributed by atoms with Gasteiger partial charge in [0.1, 0.15) is 13.2 Å². The van der Waals surface area contributed by atoms with E-state index in [4.69, 9.17) is 9.84 Å². The molecule has 3 amide bonds. The molecule has 0 aliphatic carbocycles. The number of hydrogen-bond acceptors (Lipinski definition) is 4. The Hall–Kier alpha value is -1.83. The SMILES string of the molecule is O=C(O)COCCNC(=O)N1CCCNC(=O)C1. The van der Waals surface area contributed by atoms with Gasteiger partial charge >= 0.3 is 12.0 Å². The molecule has 0 saturated carbocycles. The quantitative estimate of drug-likeness (QED) is 0.527. The third kappa shape index (κ3) is 5.48. The van der Waals surface area contributed by atoms with E-state index in [-0.39, 0.29) is 38.2 Å². The van der Waals surface area contributed by atoms with Crippen molar-refractivity contribution in [3.05, 3.63) is 0 Å². The van der Waals surface area contributed by atoms with Crippen molar-refractivity contribution in [2.45, 2.75) is 6.42 Å². The van der Waals surface area contributed by atoms with Crippen LogP contribution in [0.1, 0.15) is 6.42 Å². The topological polar surface area (TPSA) is 108 Å². The molecule has 102 valence electrons. The monoisotopic (exact) mass is 259 g/mol. The molecule has 0 aromatic rings. The first-order chi connectivity index (χ1) is 8.59. The molecule has 8 nitrogen and oxygen atoms in total. The molecule has 1 heterocycles. The molecule has 0 aromatic heterocycles. The van der Waals surface area contributed by atoms with Crippen molar-refractivity contribution >= 4 is 17.9 Å². The van der Waals surface area contributed by atoms with Crippen molar-refractivity contribution in [1.82, 2.24) is 15.5 Å². The second-order valence-corrected chi connectivity index (χ2v) is 3.80. The molecule has 0 bridgehead atoms. The molecule has 0 aromatic carbocycles. The Labute approximate surface area is 104 Å². The number of carbonyl (C=O) groups excluding carboxylic acids is 2. The molecule has 0 radical (unpaired) electrons. The van der Waals surface area contributed by atoms with Gasteiger partial charge in [0.2, 0.25) is 5.91 Å². The van der Waals surface area contributed by atoms with Gasteiger partial charge in [-0.15, -0.1) is 0 Å². The van der Waals surface area contributed by atoms with E-state index in [1.54, 1.807) is 0 Å². The maximum absolute atomic E-state index is 11.7. The predicted molar refractivity (Wildman–Crippen MR) is 61.1 cm³/mol. The molecule has 8 heteroatoms. The fraction of sp³-hybridized carbons (Fsp3) is 0.700. The highest BCUT2D eigenvalue weighted by molar-refractivity contribution is 5.84. The van der Waals surface area contributed by atoms with Crippen LogP contribution in [0.2, 0.25) is 0 Å². The van der Waals surface area contributed by atoms with Crippen molar-refractivity contribution in [3.8, 4) is 0 Å². The number of rotatable bonds is 5. The Morgan fingerprint density at radius 2 is 2.28 bits per heavy atom. The molecule has 1 saturated heterocycles. The fourth-order valence-corrected chi connectivity index (χ4v) is 1.48. The Kier molecular flexibility index (Phi) is 5.92. The van der Waals surface area contributed by atoms with Gasteiger partial charge in [-0.3, -0.25) is 4.79 Å². The van der Waals surface area contributed by atoms with Crippen LogP contribution in [0, 0.1) is 0 Å². The van der Waals surface area contributed by atoms with E-state index < -0.39 is 5.97 Å². The number of nitrogens with one attached hydrogen (secondary N) is 2. The van der Waals surface area contributed by atoms with Gasteiger partial charge in [-0.2, -0.15) is 0 Å². The number of nitrogens with zero attached hydrogens (tertiary/aromatic N) is 1. The summed E-state index contributed by atoms with van der Waals surface area (Å²) in [6.07, 6.45) is 0.717. The van der Waals surface area contributed by atoms with Gasteiger partial charge in [0.15, 0.2) is 0 Å². The van der Waals surface area contributed by atoms with Gasteiger partial charge in [0.05, 0.1) is 6.61 Å². The molecular formula is C10H17N3O5. The molecular weight excluding hydrogens is 242 g/mol. The molecule has 0 atom stereocenters. The van der Waals surface area contributed by atoms with Gasteiger partial charge in [-0.1, -0.05) is 0 Å². The van der Waals surface area contributed by atoms with Gasteiger partial charge in [0.25, 0.3) is 0 Å². The summed E-state index contributed by atoms with van der Waals surface area (Å²) < 4.78 is 4.77. The zero-order valence-corrected chi connectivity index (χ0v) is 9.98. The number of carbonyl (C=O) groups is 3. The van der Waals surface area contributed by atoms with Gasteiger partial charge in [-0.25, -0.2) is 9.59 Å². The maximum Gasteiger partial charge on any atom is 0.329 e. The molecule has 3 N–H and O–H groups in total. The first-order valence-electron chi connectivity index (χ1n) is 5.68. The first-order valence-corrected chi connectivity index (χ1v) is 5.68. The predicted octanol–water partition coefficient (Wildman–Crippen LogP) is -1.38. The molecule has 1 fully saturated rings. The van der Waals surface area contributed by atoms with E-state index in [0.717, 1.165) is 0 Å². The summed E-state index contributed by atoms with van der Waals surface area (Å²) in [5.41, 5.74) is 0. The first kappa shape index (κ1) is 14.2. The van der Waals surface area contributed by atoms with Crippen LogP contribution in [-0.4, -0.2) is 67.3 Å². The maximum atomic E-state index is 11.7. The smallest absolute Gasteiger partial charge is 0.329 e. The van der Waals surface area contributed by atoms with Crippen molar-refractivity contribution in [1.29, 1.82) is 0 Å². The second kappa shape index (κ2) is 7.49. The van der Waals surface area contributed by atoms with Crippen molar-refractivity contribution < 1.29 is 24.2 Å². The largest absolute Gasteiger partial charge is 0.480 e. The van der Waals surface area contributed by atoms with Crippen molar-refractivity contribution in [2.75, 3.05) is 39.4 Å². The number of aliphatic carboxylic acids is 1. The van der Waals surface area contributed by atoms with Crippen molar-refractivity contribution in [2.24, 2.45) is 0 Å². The van der Waals surface area contributed by atoms with Crippen LogP contribution in [0.25, 0.3) is 0 Å². The van der Waals surface area contributed by atoms with E-state index in [1.807, 2.05) is 0 Å². The molecule has 1 aliphatic rings. The van der Waals surface area contributed by atoms with Gasteiger partial charge in [-0.05, 0) is 6.42 Å². The van der Waals surface area contributed by atoms with Gasteiger partial charge in [0, 0.05) is 19.6 Å². The summed E-state index contributed by atoms with van der Waals surface area (Å²) in [5.74, 6) is -1.23. The lowest BCUT2D eigenvalue weighted by Crippen LogP contribution is -2.44. The van der Waals surface area contributed by atoms with Crippen molar-refractivity contribution in [3.63, 3.8) is 0 Å². The summed E-state index contributed by atoms with van der Waals surface area (Å²) in [6.45, 7) is 1.08. The Balaban J connectivity index is 2.18. The molecule has 18 heavy (non-hydrogen) atoms. The van der Waals surface area contributed by atoms with Crippen LogP contribution in [-0.2, 0) is 14.3 Å². The Morgan fingerprint density at radius 3 is 3.00 bits per heavy atom. The molecule has 0 spiro atoms. The minimum Gasteiger partial charge on any atom is -0.480 e. The highest BCUT2D eigenvalue weighted by atomic mass is 16.5. The standard InChI is InChI=1S/C10H17N3O5/c14-8-6-13(4-1-2-11-8)10(17)12-3-5-18-7-9(15)16/h1-7H2,(H,11,14)(H,12,17)(H,15,16). The third-order valence-electron chi connectivity index (χ3n) is 2.30. The molecule has 0 unspecified atom stereocenters. The summed E-state index contributed by atoms with van der Waals surface area (Å²) in [4.78, 5) is 34.5. The second-order valence-electron chi connectivity index (χ2n) is 3.80. The van der Waals surface area contributed by atoms with Crippen LogP contribution in [0.4, 0.5) is 4.79 Å². The lowest BCUT2D eigenvalue weighted by molar-refractivity contribution is -0.142. The van der Waals surface area contributed by atoms with Crippen LogP contribution in [0.3, 0.4) is 0 Å². The van der Waals surface area contributed by atoms with E-state index in [1.165, 1.54) is 4.90 Å². The number of hydrogen-bond donors (Lipinski definition) is 3. The zero-order chi connectivity index (χ0) is 13.4. The Morgan fingerprint density at radius 1 is 1.50 bits per heavy atom. The summed E-state index contributed by atoms with van der Waals surface area (Å²) >= 11 is 0. The minimum absolute atomic E-state index is 0.0435.